The highest BCUT2D eigenvalue weighted by atomic mass is 32.2. The molecule has 2 aliphatic heterocycles. The van der Waals surface area contributed by atoms with Gasteiger partial charge in [0, 0.05) is 45.0 Å². The number of amides is 1. The second kappa shape index (κ2) is 8.68. The molecule has 0 aromatic heterocycles. The van der Waals surface area contributed by atoms with Crippen LogP contribution in [0.3, 0.4) is 0 Å². The van der Waals surface area contributed by atoms with E-state index >= 15 is 0 Å². The molecule has 0 unspecified atom stereocenters. The summed E-state index contributed by atoms with van der Waals surface area (Å²) in [4.78, 5) is 17.1. The molecule has 0 bridgehead atoms. The first-order valence-electron chi connectivity index (χ1n) is 9.68. The van der Waals surface area contributed by atoms with Gasteiger partial charge >= 0.3 is 0 Å². The lowest BCUT2D eigenvalue weighted by Gasteiger charge is -2.31. The van der Waals surface area contributed by atoms with Crippen molar-refractivity contribution in [3.05, 3.63) is 23.8 Å². The van der Waals surface area contributed by atoms with E-state index < -0.39 is 10.0 Å². The van der Waals surface area contributed by atoms with Crippen molar-refractivity contribution in [2.75, 3.05) is 58.2 Å². The Bertz CT molecular complexity index is 767. The van der Waals surface area contributed by atoms with Gasteiger partial charge in [0.05, 0.1) is 11.4 Å². The minimum Gasteiger partial charge on any atom is -0.325 e. The zero-order valence-electron chi connectivity index (χ0n) is 16.3. The van der Waals surface area contributed by atoms with Crippen molar-refractivity contribution in [2.24, 2.45) is 0 Å². The molecule has 2 aliphatic rings. The van der Waals surface area contributed by atoms with Crippen LogP contribution in [-0.2, 0) is 14.8 Å². The molecule has 150 valence electrons. The number of nitrogens with zero attached hydrogens (tertiary/aromatic N) is 3. The largest absolute Gasteiger partial charge is 0.325 e. The van der Waals surface area contributed by atoms with Gasteiger partial charge in [-0.3, -0.25) is 9.69 Å². The minimum absolute atomic E-state index is 0.102. The zero-order chi connectivity index (χ0) is 19.4. The summed E-state index contributed by atoms with van der Waals surface area (Å²) in [5, 5.41) is 2.91. The van der Waals surface area contributed by atoms with Crippen LogP contribution in [0.5, 0.6) is 0 Å². The third kappa shape index (κ3) is 5.07. The Hall–Kier alpha value is -1.48. The van der Waals surface area contributed by atoms with Crippen LogP contribution >= 0.6 is 0 Å². The fourth-order valence-electron chi connectivity index (χ4n) is 3.55. The lowest BCUT2D eigenvalue weighted by atomic mass is 10.2. The molecule has 3 rings (SSSR count). The lowest BCUT2D eigenvalue weighted by molar-refractivity contribution is -0.117. The monoisotopic (exact) mass is 394 g/mol. The summed E-state index contributed by atoms with van der Waals surface area (Å²) in [6.07, 6.45) is 2.88. The van der Waals surface area contributed by atoms with Gasteiger partial charge < -0.3 is 10.2 Å². The van der Waals surface area contributed by atoms with Crippen molar-refractivity contribution < 1.29 is 13.2 Å². The number of piperidine rings is 1. The number of nitrogens with one attached hydrogen (secondary N) is 1. The Morgan fingerprint density at radius 2 is 1.70 bits per heavy atom. The average molecular weight is 395 g/mol. The van der Waals surface area contributed by atoms with E-state index in [1.165, 1.54) is 0 Å². The number of sulfonamides is 1. The standard InChI is InChI=1S/C19H30N4O3S/c1-16-6-7-17(27(25,26)23-8-4-3-5-9-23)14-18(16)20-19(24)15-22-12-10-21(2)11-13-22/h6-7,14H,3-5,8-13,15H2,1-2H3,(H,20,24). The minimum atomic E-state index is -3.50. The number of hydrogen-bond donors (Lipinski definition) is 1. The summed E-state index contributed by atoms with van der Waals surface area (Å²) in [6, 6.07) is 5.00. The van der Waals surface area contributed by atoms with E-state index in [1.54, 1.807) is 22.5 Å². The number of piperazine rings is 1. The molecule has 8 heteroatoms. The molecule has 2 heterocycles. The lowest BCUT2D eigenvalue weighted by Crippen LogP contribution is -2.47. The molecular weight excluding hydrogens is 364 g/mol. The summed E-state index contributed by atoms with van der Waals surface area (Å²) >= 11 is 0. The van der Waals surface area contributed by atoms with Crippen LogP contribution in [0.1, 0.15) is 24.8 Å². The first-order valence-corrected chi connectivity index (χ1v) is 11.1. The van der Waals surface area contributed by atoms with Gasteiger partial charge in [0.25, 0.3) is 0 Å². The van der Waals surface area contributed by atoms with Crippen molar-refractivity contribution in [3.63, 3.8) is 0 Å². The highest BCUT2D eigenvalue weighted by Crippen LogP contribution is 2.25. The van der Waals surface area contributed by atoms with Crippen LogP contribution < -0.4 is 5.32 Å². The summed E-state index contributed by atoms with van der Waals surface area (Å²) in [6.45, 7) is 6.99. The summed E-state index contributed by atoms with van der Waals surface area (Å²) in [5.74, 6) is -0.102. The maximum Gasteiger partial charge on any atom is 0.243 e. The van der Waals surface area contributed by atoms with Gasteiger partial charge in [-0.05, 0) is 44.5 Å². The number of aryl methyl sites for hydroxylation is 1. The second-order valence-electron chi connectivity index (χ2n) is 7.57. The van der Waals surface area contributed by atoms with Gasteiger partial charge in [-0.2, -0.15) is 4.31 Å². The van der Waals surface area contributed by atoms with Crippen molar-refractivity contribution in [3.8, 4) is 0 Å². The number of likely N-dealkylation sites (N-methyl/N-ethyl adjacent to an activating group) is 1. The van der Waals surface area contributed by atoms with Gasteiger partial charge in [0.2, 0.25) is 15.9 Å². The highest BCUT2D eigenvalue weighted by Gasteiger charge is 2.26. The third-order valence-electron chi connectivity index (χ3n) is 5.40. The number of rotatable bonds is 5. The molecule has 1 aromatic carbocycles. The summed E-state index contributed by atoms with van der Waals surface area (Å²) < 4.78 is 27.3. The number of hydrogen-bond acceptors (Lipinski definition) is 5. The van der Waals surface area contributed by atoms with E-state index in [4.69, 9.17) is 0 Å². The fourth-order valence-corrected chi connectivity index (χ4v) is 5.09. The Labute approximate surface area is 162 Å². The molecule has 0 atom stereocenters. The fraction of sp³-hybridized carbons (Fsp3) is 0.632. The van der Waals surface area contributed by atoms with Gasteiger partial charge in [0.15, 0.2) is 0 Å². The van der Waals surface area contributed by atoms with Crippen LogP contribution in [0.4, 0.5) is 5.69 Å². The van der Waals surface area contributed by atoms with Gasteiger partial charge in [0.1, 0.15) is 0 Å². The van der Waals surface area contributed by atoms with Crippen LogP contribution in [-0.4, -0.2) is 81.3 Å². The average Bonchev–Trinajstić information content (AvgIpc) is 2.66. The molecule has 2 fully saturated rings. The Morgan fingerprint density at radius 1 is 1.04 bits per heavy atom. The Morgan fingerprint density at radius 3 is 2.37 bits per heavy atom. The van der Waals surface area contributed by atoms with E-state index in [9.17, 15) is 13.2 Å². The van der Waals surface area contributed by atoms with Gasteiger partial charge in [-0.25, -0.2) is 8.42 Å². The molecule has 2 saturated heterocycles. The first kappa shape index (κ1) is 20.3. The van der Waals surface area contributed by atoms with E-state index in [0.29, 0.717) is 25.3 Å². The predicted molar refractivity (Wildman–Crippen MR) is 106 cm³/mol. The number of anilines is 1. The van der Waals surface area contributed by atoms with Gasteiger partial charge in [-0.1, -0.05) is 12.5 Å². The van der Waals surface area contributed by atoms with E-state index in [1.807, 2.05) is 6.92 Å². The molecule has 1 amide bonds. The Kier molecular flexibility index (Phi) is 6.52. The molecule has 7 nitrogen and oxygen atoms in total. The van der Waals surface area contributed by atoms with Crippen molar-refractivity contribution in [1.82, 2.24) is 14.1 Å². The maximum absolute atomic E-state index is 12.9. The maximum atomic E-state index is 12.9. The molecule has 0 spiro atoms. The highest BCUT2D eigenvalue weighted by molar-refractivity contribution is 7.89. The van der Waals surface area contributed by atoms with E-state index in [0.717, 1.165) is 51.0 Å². The van der Waals surface area contributed by atoms with E-state index in [-0.39, 0.29) is 10.8 Å². The van der Waals surface area contributed by atoms with Crippen molar-refractivity contribution in [2.45, 2.75) is 31.1 Å². The van der Waals surface area contributed by atoms with Crippen molar-refractivity contribution >= 4 is 21.6 Å². The number of carbonyl (C=O) groups excluding carboxylic acids is 1. The molecule has 1 N–H and O–H groups in total. The second-order valence-corrected chi connectivity index (χ2v) is 9.51. The molecule has 1 aromatic rings. The number of benzene rings is 1. The van der Waals surface area contributed by atoms with Crippen molar-refractivity contribution in [1.29, 1.82) is 0 Å². The Balaban J connectivity index is 1.68. The third-order valence-corrected chi connectivity index (χ3v) is 7.29. The molecule has 0 radical (unpaired) electrons. The summed E-state index contributed by atoms with van der Waals surface area (Å²) in [5.41, 5.74) is 1.44. The summed E-state index contributed by atoms with van der Waals surface area (Å²) in [7, 11) is -1.43. The zero-order valence-corrected chi connectivity index (χ0v) is 17.1. The SMILES string of the molecule is Cc1ccc(S(=O)(=O)N2CCCCC2)cc1NC(=O)CN1CCN(C)CC1. The first-order chi connectivity index (χ1) is 12.9. The molecule has 0 saturated carbocycles. The van der Waals surface area contributed by atoms with E-state index in [2.05, 4.69) is 22.2 Å². The predicted octanol–water partition coefficient (Wildman–Crippen LogP) is 1.36. The van der Waals surface area contributed by atoms with Crippen LogP contribution in [0.15, 0.2) is 23.1 Å². The van der Waals surface area contributed by atoms with Gasteiger partial charge in [-0.15, -0.1) is 0 Å². The number of carbonyl (C=O) groups is 1. The topological polar surface area (TPSA) is 73.0 Å². The molecule has 0 aliphatic carbocycles. The van der Waals surface area contributed by atoms with Crippen LogP contribution in [0, 0.1) is 6.92 Å². The molecule has 27 heavy (non-hydrogen) atoms. The van der Waals surface area contributed by atoms with Crippen LogP contribution in [0.25, 0.3) is 0 Å². The van der Waals surface area contributed by atoms with Crippen LogP contribution in [0.2, 0.25) is 0 Å². The normalized spacial score (nSPS) is 20.5. The smallest absolute Gasteiger partial charge is 0.243 e. The molecular formula is C19H30N4O3S. The quantitative estimate of drug-likeness (QED) is 0.816.